The van der Waals surface area contributed by atoms with Gasteiger partial charge in [-0.05, 0) is 31.0 Å². The van der Waals surface area contributed by atoms with Gasteiger partial charge in [0.15, 0.2) is 0 Å². The fraction of sp³-hybridized carbons (Fsp3) is 0.600. The molecule has 0 bridgehead atoms. The Bertz CT molecular complexity index is 493. The molecule has 5 heteroatoms. The molecule has 0 fully saturated rings. The largest absolute Gasteiger partial charge is 0.316 e. The summed E-state index contributed by atoms with van der Waals surface area (Å²) in [6.45, 7) is 4.83. The summed E-state index contributed by atoms with van der Waals surface area (Å²) in [6, 6.07) is 7.82. The molecule has 0 saturated heterocycles. The molecule has 114 valence electrons. The predicted octanol–water partition coefficient (Wildman–Crippen LogP) is 2.36. The normalized spacial score (nSPS) is 12.3. The highest BCUT2D eigenvalue weighted by Gasteiger charge is 2.24. The van der Waals surface area contributed by atoms with Crippen LogP contribution in [0, 0.1) is 0 Å². The summed E-state index contributed by atoms with van der Waals surface area (Å²) >= 11 is 0. The average molecular weight is 298 g/mol. The fourth-order valence-electron chi connectivity index (χ4n) is 2.30. The third kappa shape index (κ3) is 4.58. The molecule has 0 amide bonds. The minimum atomic E-state index is -3.24. The highest BCUT2D eigenvalue weighted by Crippen LogP contribution is 2.16. The van der Waals surface area contributed by atoms with Crippen molar-refractivity contribution in [3.63, 3.8) is 0 Å². The van der Waals surface area contributed by atoms with Crippen LogP contribution in [-0.2, 0) is 22.3 Å². The van der Waals surface area contributed by atoms with E-state index in [1.807, 2.05) is 45.2 Å². The van der Waals surface area contributed by atoms with Gasteiger partial charge >= 0.3 is 0 Å². The van der Waals surface area contributed by atoms with E-state index in [1.165, 1.54) is 4.31 Å². The van der Waals surface area contributed by atoms with Crippen molar-refractivity contribution < 1.29 is 8.42 Å². The molecule has 1 aromatic rings. The first-order valence-electron chi connectivity index (χ1n) is 7.12. The van der Waals surface area contributed by atoms with Crippen LogP contribution < -0.4 is 5.32 Å². The second-order valence-electron chi connectivity index (χ2n) is 5.09. The first kappa shape index (κ1) is 17.1. The molecule has 0 aliphatic rings. The van der Waals surface area contributed by atoms with Crippen LogP contribution in [0.4, 0.5) is 0 Å². The Balaban J connectivity index is 2.80. The van der Waals surface area contributed by atoms with Crippen molar-refractivity contribution in [2.75, 3.05) is 14.1 Å². The van der Waals surface area contributed by atoms with Gasteiger partial charge in [0.2, 0.25) is 10.0 Å². The number of nitrogens with one attached hydrogen (secondary N) is 1. The topological polar surface area (TPSA) is 49.4 Å². The van der Waals surface area contributed by atoms with Crippen LogP contribution in [-0.4, -0.2) is 32.9 Å². The van der Waals surface area contributed by atoms with Crippen molar-refractivity contribution in [1.82, 2.24) is 9.62 Å². The Kier molecular flexibility index (Phi) is 6.65. The van der Waals surface area contributed by atoms with Gasteiger partial charge in [-0.3, -0.25) is 0 Å². The molecule has 0 aromatic heterocycles. The van der Waals surface area contributed by atoms with Crippen molar-refractivity contribution in [3.8, 4) is 0 Å². The summed E-state index contributed by atoms with van der Waals surface area (Å²) in [5.41, 5.74) is 1.99. The molecule has 0 atom stereocenters. The van der Waals surface area contributed by atoms with E-state index in [2.05, 4.69) is 5.32 Å². The molecule has 0 unspecified atom stereocenters. The number of hydrogen-bond donors (Lipinski definition) is 1. The lowest BCUT2D eigenvalue weighted by atomic mass is 10.1. The second-order valence-corrected chi connectivity index (χ2v) is 7.12. The van der Waals surface area contributed by atoms with E-state index in [-0.39, 0.29) is 11.8 Å². The Hall–Kier alpha value is -0.910. The van der Waals surface area contributed by atoms with Crippen molar-refractivity contribution in [3.05, 3.63) is 35.4 Å². The Morgan fingerprint density at radius 2 is 1.60 bits per heavy atom. The Morgan fingerprint density at radius 1 is 1.10 bits per heavy atom. The van der Waals surface area contributed by atoms with Gasteiger partial charge in [-0.2, -0.15) is 0 Å². The molecule has 4 nitrogen and oxygen atoms in total. The van der Waals surface area contributed by atoms with E-state index in [1.54, 1.807) is 7.05 Å². The lowest BCUT2D eigenvalue weighted by Gasteiger charge is -2.25. The number of nitrogens with zero attached hydrogens (tertiary/aromatic N) is 1. The first-order chi connectivity index (χ1) is 9.44. The van der Waals surface area contributed by atoms with E-state index >= 15 is 0 Å². The lowest BCUT2D eigenvalue weighted by molar-refractivity contribution is 0.349. The van der Waals surface area contributed by atoms with Crippen LogP contribution in [0.5, 0.6) is 0 Å². The highest BCUT2D eigenvalue weighted by molar-refractivity contribution is 7.88. The van der Waals surface area contributed by atoms with E-state index in [0.29, 0.717) is 0 Å². The molecule has 0 spiro atoms. The highest BCUT2D eigenvalue weighted by atomic mass is 32.2. The zero-order chi connectivity index (χ0) is 15.2. The SMILES string of the molecule is CCC(CC)N(C)S(=O)(=O)Cc1ccc(CNC)cc1. The van der Waals surface area contributed by atoms with Gasteiger partial charge in [-0.15, -0.1) is 0 Å². The van der Waals surface area contributed by atoms with Crippen LogP contribution in [0.25, 0.3) is 0 Å². The van der Waals surface area contributed by atoms with Gasteiger partial charge in [0, 0.05) is 19.6 Å². The van der Waals surface area contributed by atoms with Crippen LogP contribution in [0.2, 0.25) is 0 Å². The lowest BCUT2D eigenvalue weighted by Crippen LogP contribution is -2.37. The standard InChI is InChI=1S/C15H26N2O2S/c1-5-15(6-2)17(4)20(18,19)12-14-9-7-13(8-10-14)11-16-3/h7-10,15-16H,5-6,11-12H2,1-4H3. The summed E-state index contributed by atoms with van der Waals surface area (Å²) < 4.78 is 26.3. The first-order valence-corrected chi connectivity index (χ1v) is 8.73. The van der Waals surface area contributed by atoms with Crippen molar-refractivity contribution in [2.24, 2.45) is 0 Å². The third-order valence-corrected chi connectivity index (χ3v) is 5.52. The van der Waals surface area contributed by atoms with Crippen molar-refractivity contribution >= 4 is 10.0 Å². The molecular weight excluding hydrogens is 272 g/mol. The summed E-state index contributed by atoms with van der Waals surface area (Å²) in [7, 11) is 0.331. The summed E-state index contributed by atoms with van der Waals surface area (Å²) in [5, 5.41) is 3.07. The second kappa shape index (κ2) is 7.76. The van der Waals surface area contributed by atoms with Gasteiger partial charge < -0.3 is 5.32 Å². The number of sulfonamides is 1. The number of benzene rings is 1. The number of hydrogen-bond acceptors (Lipinski definition) is 3. The molecule has 0 heterocycles. The van der Waals surface area contributed by atoms with E-state index < -0.39 is 10.0 Å². The monoisotopic (exact) mass is 298 g/mol. The van der Waals surface area contributed by atoms with Gasteiger partial charge in [0.05, 0.1) is 5.75 Å². The molecule has 0 radical (unpaired) electrons. The fourth-order valence-corrected chi connectivity index (χ4v) is 3.87. The number of rotatable bonds is 8. The van der Waals surface area contributed by atoms with Crippen LogP contribution in [0.3, 0.4) is 0 Å². The van der Waals surface area contributed by atoms with Crippen LogP contribution in [0.1, 0.15) is 37.8 Å². The summed E-state index contributed by atoms with van der Waals surface area (Å²) in [6.07, 6.45) is 1.68. The van der Waals surface area contributed by atoms with Crippen LogP contribution >= 0.6 is 0 Å². The van der Waals surface area contributed by atoms with Crippen molar-refractivity contribution in [2.45, 2.75) is 45.0 Å². The minimum Gasteiger partial charge on any atom is -0.316 e. The predicted molar refractivity (Wildman–Crippen MR) is 84.0 cm³/mol. The zero-order valence-electron chi connectivity index (χ0n) is 12.9. The van der Waals surface area contributed by atoms with Gasteiger partial charge in [0.1, 0.15) is 0 Å². The molecule has 1 N–H and O–H groups in total. The maximum Gasteiger partial charge on any atom is 0.218 e. The maximum atomic E-state index is 12.4. The average Bonchev–Trinajstić information content (AvgIpc) is 2.42. The molecule has 0 aliphatic heterocycles. The van der Waals surface area contributed by atoms with Gasteiger partial charge in [0.25, 0.3) is 0 Å². The van der Waals surface area contributed by atoms with Crippen LogP contribution in [0.15, 0.2) is 24.3 Å². The van der Waals surface area contributed by atoms with Gasteiger partial charge in [-0.1, -0.05) is 38.1 Å². The Morgan fingerprint density at radius 3 is 2.05 bits per heavy atom. The smallest absolute Gasteiger partial charge is 0.218 e. The van der Waals surface area contributed by atoms with E-state index in [0.717, 1.165) is 30.5 Å². The summed E-state index contributed by atoms with van der Waals surface area (Å²) in [4.78, 5) is 0. The molecule has 0 saturated carbocycles. The van der Waals surface area contributed by atoms with Gasteiger partial charge in [-0.25, -0.2) is 12.7 Å². The molecule has 1 aromatic carbocycles. The Labute approximate surface area is 123 Å². The molecular formula is C15H26N2O2S. The third-order valence-electron chi connectivity index (χ3n) is 3.65. The van der Waals surface area contributed by atoms with Crippen molar-refractivity contribution in [1.29, 1.82) is 0 Å². The molecule has 0 aliphatic carbocycles. The molecule has 20 heavy (non-hydrogen) atoms. The molecule has 1 rings (SSSR count). The van der Waals surface area contributed by atoms with E-state index in [4.69, 9.17) is 0 Å². The minimum absolute atomic E-state index is 0.0693. The summed E-state index contributed by atoms with van der Waals surface area (Å²) in [5.74, 6) is 0.0693. The zero-order valence-corrected chi connectivity index (χ0v) is 13.7. The maximum absolute atomic E-state index is 12.4. The quantitative estimate of drug-likeness (QED) is 0.801. The van der Waals surface area contributed by atoms with E-state index in [9.17, 15) is 8.42 Å².